The number of hydrogen-bond acceptors (Lipinski definition) is 4. The van der Waals surface area contributed by atoms with Crippen LogP contribution in [0.15, 0.2) is 60.7 Å². The van der Waals surface area contributed by atoms with Gasteiger partial charge in [0.2, 0.25) is 0 Å². The molecule has 24 heavy (non-hydrogen) atoms. The molecule has 1 saturated heterocycles. The normalized spacial score (nSPS) is 23.8. The lowest BCUT2D eigenvalue weighted by molar-refractivity contribution is 0.0447. The maximum atomic E-state index is 5.62. The fourth-order valence-electron chi connectivity index (χ4n) is 3.07. The van der Waals surface area contributed by atoms with Gasteiger partial charge in [-0.05, 0) is 11.1 Å². The Morgan fingerprint density at radius 1 is 0.583 bits per heavy atom. The summed E-state index contributed by atoms with van der Waals surface area (Å²) < 4.78 is 11.2. The van der Waals surface area contributed by atoms with Crippen molar-refractivity contribution in [2.45, 2.75) is 12.1 Å². The molecule has 0 aliphatic carbocycles. The molecule has 4 heteroatoms. The molecule has 2 aromatic rings. The number of hydrogen-bond donors (Lipinski definition) is 2. The first-order valence-electron chi connectivity index (χ1n) is 8.67. The second-order valence-electron chi connectivity index (χ2n) is 5.91. The molecule has 1 aliphatic heterocycles. The van der Waals surface area contributed by atoms with Crippen LogP contribution in [0.1, 0.15) is 23.2 Å². The molecule has 0 spiro atoms. The van der Waals surface area contributed by atoms with Crippen molar-refractivity contribution < 1.29 is 9.47 Å². The highest BCUT2D eigenvalue weighted by Crippen LogP contribution is 2.28. The van der Waals surface area contributed by atoms with Crippen LogP contribution < -0.4 is 10.6 Å². The molecule has 1 heterocycles. The van der Waals surface area contributed by atoms with E-state index in [0.717, 1.165) is 13.1 Å². The molecule has 3 rings (SSSR count). The maximum absolute atomic E-state index is 5.62. The first-order valence-corrected chi connectivity index (χ1v) is 8.67. The van der Waals surface area contributed by atoms with Crippen LogP contribution in [-0.4, -0.2) is 39.5 Å². The second-order valence-corrected chi connectivity index (χ2v) is 5.91. The predicted octanol–water partition coefficient (Wildman–Crippen LogP) is 2.70. The third-order valence-corrected chi connectivity index (χ3v) is 4.24. The van der Waals surface area contributed by atoms with E-state index in [0.29, 0.717) is 26.4 Å². The van der Waals surface area contributed by atoms with E-state index in [1.807, 2.05) is 0 Å². The molecule has 0 bridgehead atoms. The molecule has 0 radical (unpaired) electrons. The van der Waals surface area contributed by atoms with Crippen LogP contribution in [0.5, 0.6) is 0 Å². The van der Waals surface area contributed by atoms with Gasteiger partial charge in [0.05, 0.1) is 38.5 Å². The van der Waals surface area contributed by atoms with Gasteiger partial charge in [-0.3, -0.25) is 0 Å². The highest BCUT2D eigenvalue weighted by molar-refractivity contribution is 5.27. The van der Waals surface area contributed by atoms with Crippen molar-refractivity contribution >= 4 is 0 Å². The molecule has 0 aromatic heterocycles. The van der Waals surface area contributed by atoms with E-state index in [9.17, 15) is 0 Å². The van der Waals surface area contributed by atoms with E-state index in [2.05, 4.69) is 71.3 Å². The number of benzene rings is 2. The lowest BCUT2D eigenvalue weighted by Gasteiger charge is -2.30. The molecule has 0 saturated carbocycles. The molecule has 2 atom stereocenters. The van der Waals surface area contributed by atoms with Crippen molar-refractivity contribution in [1.82, 2.24) is 10.6 Å². The van der Waals surface area contributed by atoms with Crippen molar-refractivity contribution in [3.63, 3.8) is 0 Å². The van der Waals surface area contributed by atoms with Crippen molar-refractivity contribution in [3.8, 4) is 0 Å². The fraction of sp³-hybridized carbons (Fsp3) is 0.400. The van der Waals surface area contributed by atoms with Gasteiger partial charge in [0.15, 0.2) is 0 Å². The third kappa shape index (κ3) is 4.89. The fourth-order valence-corrected chi connectivity index (χ4v) is 3.07. The van der Waals surface area contributed by atoms with E-state index in [1.54, 1.807) is 0 Å². The van der Waals surface area contributed by atoms with Crippen LogP contribution in [-0.2, 0) is 9.47 Å². The van der Waals surface area contributed by atoms with Gasteiger partial charge in [0.25, 0.3) is 0 Å². The Hall–Kier alpha value is -1.72. The standard InChI is InChI=1S/C20H26N2O2/c1-3-7-17(8-4-1)19-20(18-9-5-2-6-10-18)22-12-14-24-16-15-23-13-11-21-19/h1-10,19-22H,11-16H2/t19-,20+. The van der Waals surface area contributed by atoms with E-state index in [1.165, 1.54) is 11.1 Å². The van der Waals surface area contributed by atoms with Crippen molar-refractivity contribution in [3.05, 3.63) is 71.8 Å². The summed E-state index contributed by atoms with van der Waals surface area (Å²) >= 11 is 0. The molecule has 128 valence electrons. The Bertz CT molecular complexity index is 523. The zero-order chi connectivity index (χ0) is 16.5. The van der Waals surface area contributed by atoms with Crippen LogP contribution >= 0.6 is 0 Å². The third-order valence-electron chi connectivity index (χ3n) is 4.24. The minimum absolute atomic E-state index is 0.177. The topological polar surface area (TPSA) is 42.5 Å². The van der Waals surface area contributed by atoms with Crippen LogP contribution in [0.2, 0.25) is 0 Å². The van der Waals surface area contributed by atoms with Crippen molar-refractivity contribution in [1.29, 1.82) is 0 Å². The molecule has 1 aliphatic rings. The van der Waals surface area contributed by atoms with Crippen molar-refractivity contribution in [2.24, 2.45) is 0 Å². The Morgan fingerprint density at radius 3 is 1.42 bits per heavy atom. The van der Waals surface area contributed by atoms with Gasteiger partial charge in [-0.15, -0.1) is 0 Å². The van der Waals surface area contributed by atoms with E-state index in [4.69, 9.17) is 9.47 Å². The van der Waals surface area contributed by atoms with E-state index in [-0.39, 0.29) is 12.1 Å². The molecule has 4 nitrogen and oxygen atoms in total. The molecular formula is C20H26N2O2. The summed E-state index contributed by atoms with van der Waals surface area (Å²) in [7, 11) is 0. The minimum Gasteiger partial charge on any atom is -0.378 e. The highest BCUT2D eigenvalue weighted by atomic mass is 16.5. The lowest BCUT2D eigenvalue weighted by Crippen LogP contribution is -2.38. The average Bonchev–Trinajstić information content (AvgIpc) is 2.64. The molecule has 2 N–H and O–H groups in total. The smallest absolute Gasteiger partial charge is 0.0701 e. The van der Waals surface area contributed by atoms with Gasteiger partial charge in [0.1, 0.15) is 0 Å². The predicted molar refractivity (Wildman–Crippen MR) is 96.0 cm³/mol. The first kappa shape index (κ1) is 17.1. The van der Waals surface area contributed by atoms with Gasteiger partial charge in [-0.25, -0.2) is 0 Å². The summed E-state index contributed by atoms with van der Waals surface area (Å²) in [6.45, 7) is 4.30. The van der Waals surface area contributed by atoms with E-state index < -0.39 is 0 Å². The van der Waals surface area contributed by atoms with Gasteiger partial charge in [-0.1, -0.05) is 60.7 Å². The molecule has 2 aromatic carbocycles. The van der Waals surface area contributed by atoms with Gasteiger partial charge >= 0.3 is 0 Å². The second kappa shape index (κ2) is 9.55. The van der Waals surface area contributed by atoms with Crippen LogP contribution in [0, 0.1) is 0 Å². The summed E-state index contributed by atoms with van der Waals surface area (Å²) in [6.07, 6.45) is 0. The largest absolute Gasteiger partial charge is 0.378 e. The molecular weight excluding hydrogens is 300 g/mol. The zero-order valence-corrected chi connectivity index (χ0v) is 14.0. The first-order chi connectivity index (χ1) is 11.9. The van der Waals surface area contributed by atoms with E-state index >= 15 is 0 Å². The summed E-state index contributed by atoms with van der Waals surface area (Å²) in [4.78, 5) is 0. The summed E-state index contributed by atoms with van der Waals surface area (Å²) in [5, 5.41) is 7.35. The average molecular weight is 326 g/mol. The summed E-state index contributed by atoms with van der Waals surface area (Å²) in [5.41, 5.74) is 2.55. The quantitative estimate of drug-likeness (QED) is 0.890. The number of rotatable bonds is 2. The van der Waals surface area contributed by atoms with Crippen molar-refractivity contribution in [2.75, 3.05) is 39.5 Å². The Labute approximate surface area is 144 Å². The molecule has 0 unspecified atom stereocenters. The molecule has 0 amide bonds. The highest BCUT2D eigenvalue weighted by Gasteiger charge is 2.24. The zero-order valence-electron chi connectivity index (χ0n) is 14.0. The van der Waals surface area contributed by atoms with Gasteiger partial charge in [0, 0.05) is 13.1 Å². The van der Waals surface area contributed by atoms with Crippen LogP contribution in [0.25, 0.3) is 0 Å². The van der Waals surface area contributed by atoms with Gasteiger partial charge in [-0.2, -0.15) is 0 Å². The van der Waals surface area contributed by atoms with Gasteiger partial charge < -0.3 is 20.1 Å². The SMILES string of the molecule is c1ccc([C@H]2NCCOCCOCCN[C@H]2c2ccccc2)cc1. The van der Waals surface area contributed by atoms with Crippen LogP contribution in [0.4, 0.5) is 0 Å². The lowest BCUT2D eigenvalue weighted by atomic mass is 9.93. The monoisotopic (exact) mass is 326 g/mol. The maximum Gasteiger partial charge on any atom is 0.0701 e. The summed E-state index contributed by atoms with van der Waals surface area (Å²) in [6, 6.07) is 21.6. The number of nitrogens with one attached hydrogen (secondary N) is 2. The Kier molecular flexibility index (Phi) is 6.81. The summed E-state index contributed by atoms with van der Waals surface area (Å²) in [5.74, 6) is 0. The minimum atomic E-state index is 0.177. The van der Waals surface area contributed by atoms with Crippen LogP contribution in [0.3, 0.4) is 0 Å². The molecule has 1 fully saturated rings. The number of ether oxygens (including phenoxy) is 2. The Morgan fingerprint density at radius 2 is 1.00 bits per heavy atom. The Balaban J connectivity index is 1.86.